The lowest BCUT2D eigenvalue weighted by atomic mass is 10.2. The molecule has 0 saturated carbocycles. The van der Waals surface area contributed by atoms with Crippen LogP contribution in [-0.2, 0) is 6.54 Å². The van der Waals surface area contributed by atoms with E-state index in [0.717, 1.165) is 51.3 Å². The van der Waals surface area contributed by atoms with Gasteiger partial charge in [-0.1, -0.05) is 35.3 Å². The molecule has 1 aliphatic heterocycles. The van der Waals surface area contributed by atoms with Crippen LogP contribution in [0.5, 0.6) is 0 Å². The maximum atomic E-state index is 8.99. The van der Waals surface area contributed by atoms with Crippen molar-refractivity contribution in [1.29, 1.82) is 0 Å². The lowest BCUT2D eigenvalue weighted by molar-refractivity contribution is 0.196. The van der Waals surface area contributed by atoms with Gasteiger partial charge in [0.25, 0.3) is 0 Å². The molecule has 5 heteroatoms. The lowest BCUT2D eigenvalue weighted by Gasteiger charge is -2.21. The molecule has 0 amide bonds. The number of nitrogens with zero attached hydrogens (tertiary/aromatic N) is 2. The molecule has 0 unspecified atom stereocenters. The Kier molecular flexibility index (Phi) is 5.92. The van der Waals surface area contributed by atoms with Gasteiger partial charge in [-0.2, -0.15) is 0 Å². The monoisotopic (exact) mass is 302 g/mol. The largest absolute Gasteiger partial charge is 0.395 e. The van der Waals surface area contributed by atoms with Crippen LogP contribution in [0.1, 0.15) is 12.0 Å². The smallest absolute Gasteiger partial charge is 0.0637 e. The number of benzene rings is 1. The first kappa shape index (κ1) is 15.1. The second-order valence-corrected chi connectivity index (χ2v) is 5.69. The van der Waals surface area contributed by atoms with Crippen LogP contribution in [-0.4, -0.2) is 54.2 Å². The molecule has 19 heavy (non-hydrogen) atoms. The van der Waals surface area contributed by atoms with E-state index in [2.05, 4.69) is 9.80 Å². The first-order valence-corrected chi connectivity index (χ1v) is 7.45. The third kappa shape index (κ3) is 4.33. The van der Waals surface area contributed by atoms with E-state index in [4.69, 9.17) is 28.3 Å². The summed E-state index contributed by atoms with van der Waals surface area (Å²) in [5.74, 6) is 0. The molecule has 1 heterocycles. The summed E-state index contributed by atoms with van der Waals surface area (Å²) >= 11 is 12.3. The van der Waals surface area contributed by atoms with E-state index in [1.807, 2.05) is 18.2 Å². The van der Waals surface area contributed by atoms with Crippen molar-refractivity contribution in [3.63, 3.8) is 0 Å². The Balaban J connectivity index is 1.94. The standard InChI is InChI=1S/C14H20Cl2N2O/c15-13-4-1-3-12(14(13)16)11-18-6-2-5-17(7-8-18)9-10-19/h1,3-4,19H,2,5-11H2. The van der Waals surface area contributed by atoms with E-state index in [0.29, 0.717) is 10.0 Å². The fraction of sp³-hybridized carbons (Fsp3) is 0.571. The highest BCUT2D eigenvalue weighted by Gasteiger charge is 2.15. The molecule has 2 rings (SSSR count). The minimum atomic E-state index is 0.236. The molecule has 0 aliphatic carbocycles. The van der Waals surface area contributed by atoms with Crippen molar-refractivity contribution >= 4 is 23.2 Å². The molecule has 0 atom stereocenters. The van der Waals surface area contributed by atoms with Crippen LogP contribution < -0.4 is 0 Å². The van der Waals surface area contributed by atoms with Gasteiger partial charge in [-0.15, -0.1) is 0 Å². The third-order valence-electron chi connectivity index (χ3n) is 3.52. The summed E-state index contributed by atoms with van der Waals surface area (Å²) < 4.78 is 0. The summed E-state index contributed by atoms with van der Waals surface area (Å²) in [6.45, 7) is 5.96. The van der Waals surface area contributed by atoms with Crippen LogP contribution in [0.15, 0.2) is 18.2 Å². The second-order valence-electron chi connectivity index (χ2n) is 4.91. The Hall–Kier alpha value is -0.320. The molecule has 0 aromatic heterocycles. The van der Waals surface area contributed by atoms with Crippen LogP contribution in [0.3, 0.4) is 0 Å². The molecule has 1 aromatic rings. The molecule has 1 fully saturated rings. The average molecular weight is 303 g/mol. The Morgan fingerprint density at radius 2 is 1.79 bits per heavy atom. The maximum absolute atomic E-state index is 8.99. The minimum Gasteiger partial charge on any atom is -0.395 e. The third-order valence-corrected chi connectivity index (χ3v) is 4.38. The Bertz CT molecular complexity index is 414. The Labute approximate surface area is 124 Å². The normalized spacial score (nSPS) is 18.5. The average Bonchev–Trinajstić information content (AvgIpc) is 2.61. The van der Waals surface area contributed by atoms with E-state index in [1.54, 1.807) is 0 Å². The zero-order chi connectivity index (χ0) is 13.7. The molecule has 1 aromatic carbocycles. The van der Waals surface area contributed by atoms with Crippen LogP contribution in [0.2, 0.25) is 10.0 Å². The van der Waals surface area contributed by atoms with Crippen LogP contribution in [0.4, 0.5) is 0 Å². The molecule has 3 nitrogen and oxygen atoms in total. The van der Waals surface area contributed by atoms with E-state index in [1.165, 1.54) is 0 Å². The van der Waals surface area contributed by atoms with Crippen molar-refractivity contribution in [3.8, 4) is 0 Å². The van der Waals surface area contributed by atoms with Gasteiger partial charge in [-0.05, 0) is 31.1 Å². The molecular formula is C14H20Cl2N2O. The molecule has 0 spiro atoms. The summed E-state index contributed by atoms with van der Waals surface area (Å²) in [4.78, 5) is 4.70. The number of hydrogen-bond donors (Lipinski definition) is 1. The molecule has 1 aliphatic rings. The van der Waals surface area contributed by atoms with Crippen LogP contribution >= 0.6 is 23.2 Å². The maximum Gasteiger partial charge on any atom is 0.0637 e. The number of hydrogen-bond acceptors (Lipinski definition) is 3. The van der Waals surface area contributed by atoms with E-state index in [-0.39, 0.29) is 6.61 Å². The van der Waals surface area contributed by atoms with Crippen molar-refractivity contribution in [2.45, 2.75) is 13.0 Å². The van der Waals surface area contributed by atoms with Crippen molar-refractivity contribution in [1.82, 2.24) is 9.80 Å². The summed E-state index contributed by atoms with van der Waals surface area (Å²) in [5.41, 5.74) is 1.09. The summed E-state index contributed by atoms with van der Waals surface area (Å²) in [7, 11) is 0. The van der Waals surface area contributed by atoms with E-state index in [9.17, 15) is 0 Å². The highest BCUT2D eigenvalue weighted by molar-refractivity contribution is 6.42. The van der Waals surface area contributed by atoms with Gasteiger partial charge < -0.3 is 5.11 Å². The van der Waals surface area contributed by atoms with Crippen molar-refractivity contribution < 1.29 is 5.11 Å². The fourth-order valence-corrected chi connectivity index (χ4v) is 2.84. The topological polar surface area (TPSA) is 26.7 Å². The number of aliphatic hydroxyl groups is 1. The van der Waals surface area contributed by atoms with Gasteiger partial charge in [0, 0.05) is 26.2 Å². The van der Waals surface area contributed by atoms with Crippen LogP contribution in [0, 0.1) is 0 Å². The lowest BCUT2D eigenvalue weighted by Crippen LogP contribution is -2.32. The van der Waals surface area contributed by atoms with E-state index < -0.39 is 0 Å². The number of rotatable bonds is 4. The van der Waals surface area contributed by atoms with Gasteiger partial charge in [-0.3, -0.25) is 9.80 Å². The van der Waals surface area contributed by atoms with Crippen molar-refractivity contribution in [3.05, 3.63) is 33.8 Å². The number of aliphatic hydroxyl groups excluding tert-OH is 1. The molecular weight excluding hydrogens is 283 g/mol. The predicted molar refractivity (Wildman–Crippen MR) is 79.9 cm³/mol. The fourth-order valence-electron chi connectivity index (χ4n) is 2.46. The number of halogens is 2. The predicted octanol–water partition coefficient (Wildman–Crippen LogP) is 2.49. The van der Waals surface area contributed by atoms with Gasteiger partial charge in [0.15, 0.2) is 0 Å². The molecule has 1 N–H and O–H groups in total. The van der Waals surface area contributed by atoms with E-state index >= 15 is 0 Å². The molecule has 0 radical (unpaired) electrons. The highest BCUT2D eigenvalue weighted by Crippen LogP contribution is 2.26. The quantitative estimate of drug-likeness (QED) is 0.926. The summed E-state index contributed by atoms with van der Waals surface area (Å²) in [5, 5.41) is 10.3. The zero-order valence-electron chi connectivity index (χ0n) is 11.0. The molecule has 106 valence electrons. The first-order valence-electron chi connectivity index (χ1n) is 6.69. The highest BCUT2D eigenvalue weighted by atomic mass is 35.5. The SMILES string of the molecule is OCCN1CCCN(Cc2cccc(Cl)c2Cl)CC1. The van der Waals surface area contributed by atoms with Gasteiger partial charge >= 0.3 is 0 Å². The summed E-state index contributed by atoms with van der Waals surface area (Å²) in [6, 6.07) is 5.79. The van der Waals surface area contributed by atoms with Crippen molar-refractivity contribution in [2.24, 2.45) is 0 Å². The van der Waals surface area contributed by atoms with Gasteiger partial charge in [0.2, 0.25) is 0 Å². The number of β-amino-alcohol motifs (C(OH)–C–C–N with tert-alkyl or cyclic N) is 1. The Morgan fingerprint density at radius 1 is 1.05 bits per heavy atom. The van der Waals surface area contributed by atoms with Crippen LogP contribution in [0.25, 0.3) is 0 Å². The first-order chi connectivity index (χ1) is 9.20. The van der Waals surface area contributed by atoms with Gasteiger partial charge in [0.05, 0.1) is 16.7 Å². The summed E-state index contributed by atoms with van der Waals surface area (Å²) in [6.07, 6.45) is 1.12. The minimum absolute atomic E-state index is 0.236. The molecule has 1 saturated heterocycles. The van der Waals surface area contributed by atoms with Gasteiger partial charge in [-0.25, -0.2) is 0 Å². The Morgan fingerprint density at radius 3 is 2.58 bits per heavy atom. The van der Waals surface area contributed by atoms with Crippen molar-refractivity contribution in [2.75, 3.05) is 39.3 Å². The van der Waals surface area contributed by atoms with Gasteiger partial charge in [0.1, 0.15) is 0 Å². The zero-order valence-corrected chi connectivity index (χ0v) is 12.5. The second kappa shape index (κ2) is 7.46. The molecule has 0 bridgehead atoms.